The standard InChI is InChI=1S/C15H15IO3/c1-18-10-7-8-12(14(9-10)19-2)15(17)11-5-3-4-6-13(11)16/h3-9,15,17H,1-2H3. The highest BCUT2D eigenvalue weighted by Gasteiger charge is 2.18. The molecule has 1 atom stereocenters. The lowest BCUT2D eigenvalue weighted by molar-refractivity contribution is 0.213. The SMILES string of the molecule is COc1ccc(C(O)c2ccccc2I)c(OC)c1. The zero-order chi connectivity index (χ0) is 13.8. The zero-order valence-corrected chi connectivity index (χ0v) is 12.9. The molecule has 0 spiro atoms. The lowest BCUT2D eigenvalue weighted by Crippen LogP contribution is -2.04. The molecule has 0 bridgehead atoms. The Hall–Kier alpha value is -1.27. The molecule has 0 fully saturated rings. The fourth-order valence-corrected chi connectivity index (χ4v) is 2.59. The number of benzene rings is 2. The first-order chi connectivity index (χ1) is 9.17. The van der Waals surface area contributed by atoms with Gasteiger partial charge >= 0.3 is 0 Å². The van der Waals surface area contributed by atoms with Crippen LogP contribution in [0.1, 0.15) is 17.2 Å². The summed E-state index contributed by atoms with van der Waals surface area (Å²) in [5, 5.41) is 10.5. The van der Waals surface area contributed by atoms with Crippen LogP contribution in [-0.2, 0) is 0 Å². The Balaban J connectivity index is 2.44. The zero-order valence-electron chi connectivity index (χ0n) is 10.8. The smallest absolute Gasteiger partial charge is 0.128 e. The number of halogens is 1. The quantitative estimate of drug-likeness (QED) is 0.839. The molecule has 0 radical (unpaired) electrons. The molecule has 100 valence electrons. The van der Waals surface area contributed by atoms with Gasteiger partial charge < -0.3 is 14.6 Å². The Kier molecular flexibility index (Phi) is 4.66. The van der Waals surface area contributed by atoms with Gasteiger partial charge in [0.05, 0.1) is 14.2 Å². The van der Waals surface area contributed by atoms with Gasteiger partial charge in [-0.1, -0.05) is 18.2 Å². The molecular weight excluding hydrogens is 355 g/mol. The van der Waals surface area contributed by atoms with E-state index in [1.165, 1.54) is 0 Å². The van der Waals surface area contributed by atoms with E-state index in [1.807, 2.05) is 36.4 Å². The first kappa shape index (κ1) is 14.1. The third kappa shape index (κ3) is 3.01. The molecular formula is C15H15IO3. The van der Waals surface area contributed by atoms with Crippen molar-refractivity contribution >= 4 is 22.6 Å². The van der Waals surface area contributed by atoms with Gasteiger partial charge in [-0.2, -0.15) is 0 Å². The van der Waals surface area contributed by atoms with E-state index in [4.69, 9.17) is 9.47 Å². The van der Waals surface area contributed by atoms with Crippen LogP contribution in [0.3, 0.4) is 0 Å². The molecule has 1 N–H and O–H groups in total. The predicted octanol–water partition coefficient (Wildman–Crippen LogP) is 3.39. The monoisotopic (exact) mass is 370 g/mol. The molecule has 0 saturated heterocycles. The largest absolute Gasteiger partial charge is 0.497 e. The van der Waals surface area contributed by atoms with Gasteiger partial charge in [-0.25, -0.2) is 0 Å². The third-order valence-corrected chi connectivity index (χ3v) is 3.92. The van der Waals surface area contributed by atoms with E-state index >= 15 is 0 Å². The van der Waals surface area contributed by atoms with E-state index in [2.05, 4.69) is 22.6 Å². The van der Waals surface area contributed by atoms with Crippen molar-refractivity contribution in [3.05, 3.63) is 57.2 Å². The van der Waals surface area contributed by atoms with Gasteiger partial charge in [0.2, 0.25) is 0 Å². The Labute approximate surface area is 126 Å². The number of hydrogen-bond donors (Lipinski definition) is 1. The molecule has 2 aromatic carbocycles. The van der Waals surface area contributed by atoms with Crippen molar-refractivity contribution in [2.75, 3.05) is 14.2 Å². The molecule has 0 aromatic heterocycles. The number of hydrogen-bond acceptors (Lipinski definition) is 3. The molecule has 4 heteroatoms. The van der Waals surface area contributed by atoms with Crippen molar-refractivity contribution in [3.8, 4) is 11.5 Å². The van der Waals surface area contributed by atoms with Crippen molar-refractivity contribution in [2.24, 2.45) is 0 Å². The first-order valence-electron chi connectivity index (χ1n) is 5.81. The molecule has 2 rings (SSSR count). The first-order valence-corrected chi connectivity index (χ1v) is 6.89. The van der Waals surface area contributed by atoms with Crippen LogP contribution in [-0.4, -0.2) is 19.3 Å². The molecule has 19 heavy (non-hydrogen) atoms. The number of ether oxygens (including phenoxy) is 2. The molecule has 3 nitrogen and oxygen atoms in total. The molecule has 2 aromatic rings. The fourth-order valence-electron chi connectivity index (χ4n) is 1.91. The van der Waals surface area contributed by atoms with E-state index in [-0.39, 0.29) is 0 Å². The number of aliphatic hydroxyl groups is 1. The molecule has 0 saturated carbocycles. The lowest BCUT2D eigenvalue weighted by Gasteiger charge is -2.17. The Bertz CT molecular complexity index is 569. The average Bonchev–Trinajstić information content (AvgIpc) is 2.46. The van der Waals surface area contributed by atoms with Gasteiger partial charge in [-0.05, 0) is 46.4 Å². The summed E-state index contributed by atoms with van der Waals surface area (Å²) in [6.07, 6.45) is -0.714. The Morgan fingerprint density at radius 3 is 2.37 bits per heavy atom. The summed E-state index contributed by atoms with van der Waals surface area (Å²) < 4.78 is 11.5. The summed E-state index contributed by atoms with van der Waals surface area (Å²) in [6, 6.07) is 13.2. The summed E-state index contributed by atoms with van der Waals surface area (Å²) in [6.45, 7) is 0. The maximum atomic E-state index is 10.5. The summed E-state index contributed by atoms with van der Waals surface area (Å²) in [7, 11) is 3.19. The minimum Gasteiger partial charge on any atom is -0.497 e. The minimum atomic E-state index is -0.714. The maximum absolute atomic E-state index is 10.5. The molecule has 0 aliphatic carbocycles. The van der Waals surface area contributed by atoms with E-state index in [9.17, 15) is 5.11 Å². The Morgan fingerprint density at radius 2 is 1.74 bits per heavy atom. The lowest BCUT2D eigenvalue weighted by atomic mass is 10.0. The van der Waals surface area contributed by atoms with Crippen LogP contribution in [0.5, 0.6) is 11.5 Å². The normalized spacial score (nSPS) is 12.0. The number of methoxy groups -OCH3 is 2. The minimum absolute atomic E-state index is 0.617. The summed E-state index contributed by atoms with van der Waals surface area (Å²) in [4.78, 5) is 0. The summed E-state index contributed by atoms with van der Waals surface area (Å²) in [5.74, 6) is 1.32. The Morgan fingerprint density at radius 1 is 1.00 bits per heavy atom. The second-order valence-corrected chi connectivity index (χ2v) is 5.19. The van der Waals surface area contributed by atoms with Crippen LogP contribution < -0.4 is 9.47 Å². The maximum Gasteiger partial charge on any atom is 0.128 e. The van der Waals surface area contributed by atoms with Crippen LogP contribution in [0.4, 0.5) is 0 Å². The van der Waals surface area contributed by atoms with Crippen LogP contribution in [0.2, 0.25) is 0 Å². The van der Waals surface area contributed by atoms with E-state index in [0.29, 0.717) is 11.5 Å². The van der Waals surface area contributed by atoms with E-state index in [0.717, 1.165) is 14.7 Å². The fraction of sp³-hybridized carbons (Fsp3) is 0.200. The second-order valence-electron chi connectivity index (χ2n) is 4.03. The van der Waals surface area contributed by atoms with Gasteiger partial charge in [0.15, 0.2) is 0 Å². The summed E-state index contributed by atoms with van der Waals surface area (Å²) >= 11 is 2.21. The topological polar surface area (TPSA) is 38.7 Å². The highest BCUT2D eigenvalue weighted by atomic mass is 127. The van der Waals surface area contributed by atoms with E-state index < -0.39 is 6.10 Å². The van der Waals surface area contributed by atoms with Gasteiger partial charge in [-0.3, -0.25) is 0 Å². The number of rotatable bonds is 4. The van der Waals surface area contributed by atoms with Crippen LogP contribution in [0.15, 0.2) is 42.5 Å². The summed E-state index contributed by atoms with van der Waals surface area (Å²) in [5.41, 5.74) is 1.60. The van der Waals surface area contributed by atoms with Crippen molar-refractivity contribution < 1.29 is 14.6 Å². The van der Waals surface area contributed by atoms with Gasteiger partial charge in [0, 0.05) is 15.2 Å². The van der Waals surface area contributed by atoms with Crippen LogP contribution in [0, 0.1) is 3.57 Å². The van der Waals surface area contributed by atoms with Gasteiger partial charge in [0.1, 0.15) is 17.6 Å². The van der Waals surface area contributed by atoms with E-state index in [1.54, 1.807) is 20.3 Å². The molecule has 0 amide bonds. The van der Waals surface area contributed by atoms with Crippen molar-refractivity contribution in [2.45, 2.75) is 6.10 Å². The highest BCUT2D eigenvalue weighted by molar-refractivity contribution is 14.1. The second kappa shape index (κ2) is 6.25. The number of aliphatic hydroxyl groups excluding tert-OH is 1. The van der Waals surface area contributed by atoms with Crippen molar-refractivity contribution in [3.63, 3.8) is 0 Å². The molecule has 1 unspecified atom stereocenters. The van der Waals surface area contributed by atoms with Gasteiger partial charge in [0.25, 0.3) is 0 Å². The van der Waals surface area contributed by atoms with Crippen molar-refractivity contribution in [1.82, 2.24) is 0 Å². The van der Waals surface area contributed by atoms with Gasteiger partial charge in [-0.15, -0.1) is 0 Å². The molecule has 0 aliphatic rings. The predicted molar refractivity (Wildman–Crippen MR) is 82.8 cm³/mol. The van der Waals surface area contributed by atoms with Crippen LogP contribution in [0.25, 0.3) is 0 Å². The van der Waals surface area contributed by atoms with Crippen molar-refractivity contribution in [1.29, 1.82) is 0 Å². The molecule has 0 aliphatic heterocycles. The highest BCUT2D eigenvalue weighted by Crippen LogP contribution is 2.34. The molecule has 0 heterocycles. The average molecular weight is 370 g/mol. The third-order valence-electron chi connectivity index (χ3n) is 2.94. The van der Waals surface area contributed by atoms with Crippen LogP contribution >= 0.6 is 22.6 Å².